The summed E-state index contributed by atoms with van der Waals surface area (Å²) in [5.74, 6) is -0.350. The number of hydrogen-bond acceptors (Lipinski definition) is 4. The molecule has 2 rings (SSSR count). The molecule has 0 spiro atoms. The highest BCUT2D eigenvalue weighted by Crippen LogP contribution is 2.32. The standard InChI is InChI=1S/C15H16BrF2N3O2/c1-21(2)4-3-10(19)14(22)12-5-8-6-13(23-15(17)18)9(16)7-11(8)20-12/h3,5-7,15,20H,4,19H2,1-2H3/b10-3-. The number of nitrogens with zero attached hydrogens (tertiary/aromatic N) is 1. The number of allylic oxidation sites excluding steroid dienone is 1. The monoisotopic (exact) mass is 387 g/mol. The summed E-state index contributed by atoms with van der Waals surface area (Å²) in [5, 5.41) is 0.576. The molecular weight excluding hydrogens is 372 g/mol. The number of halogens is 3. The Labute approximate surface area is 140 Å². The van der Waals surface area contributed by atoms with E-state index in [0.717, 1.165) is 0 Å². The maximum Gasteiger partial charge on any atom is 0.387 e. The lowest BCUT2D eigenvalue weighted by Gasteiger charge is -2.06. The summed E-state index contributed by atoms with van der Waals surface area (Å²) in [7, 11) is 3.72. The van der Waals surface area contributed by atoms with Crippen LogP contribution in [0.4, 0.5) is 8.78 Å². The third-order valence-corrected chi connectivity index (χ3v) is 3.69. The smallest absolute Gasteiger partial charge is 0.387 e. The number of alkyl halides is 2. The third kappa shape index (κ3) is 4.29. The topological polar surface area (TPSA) is 71.3 Å². The minimum atomic E-state index is -2.92. The number of aromatic nitrogens is 1. The number of carbonyl (C=O) groups is 1. The van der Waals surface area contributed by atoms with Gasteiger partial charge in [0.1, 0.15) is 5.75 Å². The molecule has 0 atom stereocenters. The Kier molecular flexibility index (Phi) is 5.38. The predicted octanol–water partition coefficient (Wildman–Crippen LogP) is 3.12. The van der Waals surface area contributed by atoms with Crippen LogP contribution >= 0.6 is 15.9 Å². The number of ether oxygens (including phenoxy) is 1. The fourth-order valence-electron chi connectivity index (χ4n) is 1.97. The Balaban J connectivity index is 2.33. The van der Waals surface area contributed by atoms with Gasteiger partial charge in [0.2, 0.25) is 5.78 Å². The van der Waals surface area contributed by atoms with Crippen LogP contribution in [0.1, 0.15) is 10.5 Å². The van der Waals surface area contributed by atoms with Gasteiger partial charge in [0.25, 0.3) is 0 Å². The number of likely N-dealkylation sites (N-methyl/N-ethyl adjacent to an activating group) is 1. The van der Waals surface area contributed by atoms with E-state index < -0.39 is 6.61 Å². The zero-order valence-corrected chi connectivity index (χ0v) is 14.2. The molecule has 0 aliphatic carbocycles. The van der Waals surface area contributed by atoms with Crippen LogP contribution in [-0.4, -0.2) is 42.9 Å². The minimum absolute atomic E-state index is 0.00150. The SMILES string of the molecule is CN(C)C/C=C(\N)C(=O)c1cc2cc(OC(F)F)c(Br)cc2[nH]1. The van der Waals surface area contributed by atoms with E-state index in [9.17, 15) is 13.6 Å². The van der Waals surface area contributed by atoms with E-state index in [4.69, 9.17) is 5.73 Å². The first-order valence-corrected chi connectivity index (χ1v) is 7.49. The molecular formula is C15H16BrF2N3O2. The van der Waals surface area contributed by atoms with Crippen LogP contribution in [0, 0.1) is 0 Å². The van der Waals surface area contributed by atoms with Gasteiger partial charge in [-0.1, -0.05) is 0 Å². The van der Waals surface area contributed by atoms with Crippen molar-refractivity contribution in [3.05, 3.63) is 40.1 Å². The van der Waals surface area contributed by atoms with Crippen LogP contribution in [0.3, 0.4) is 0 Å². The highest BCUT2D eigenvalue weighted by molar-refractivity contribution is 9.10. The van der Waals surface area contributed by atoms with Gasteiger partial charge in [-0.05, 0) is 54.3 Å². The molecule has 0 saturated carbocycles. The van der Waals surface area contributed by atoms with Gasteiger partial charge in [-0.2, -0.15) is 8.78 Å². The van der Waals surface area contributed by atoms with E-state index in [0.29, 0.717) is 21.9 Å². The largest absolute Gasteiger partial charge is 0.434 e. The molecule has 0 aliphatic heterocycles. The van der Waals surface area contributed by atoms with E-state index in [-0.39, 0.29) is 22.9 Å². The van der Waals surface area contributed by atoms with Gasteiger partial charge in [-0.3, -0.25) is 4.79 Å². The van der Waals surface area contributed by atoms with Crippen molar-refractivity contribution in [3.63, 3.8) is 0 Å². The van der Waals surface area contributed by atoms with Gasteiger partial charge in [-0.25, -0.2) is 0 Å². The second kappa shape index (κ2) is 7.10. The Morgan fingerprint density at radius 2 is 2.13 bits per heavy atom. The highest BCUT2D eigenvalue weighted by atomic mass is 79.9. The Bertz CT molecular complexity index is 757. The quantitative estimate of drug-likeness (QED) is 0.589. The summed E-state index contributed by atoms with van der Waals surface area (Å²) < 4.78 is 29.5. The van der Waals surface area contributed by atoms with Crippen LogP contribution in [-0.2, 0) is 0 Å². The van der Waals surface area contributed by atoms with Crippen LogP contribution in [0.2, 0.25) is 0 Å². The minimum Gasteiger partial charge on any atom is -0.434 e. The van der Waals surface area contributed by atoms with Crippen molar-refractivity contribution in [1.29, 1.82) is 0 Å². The molecule has 0 radical (unpaired) electrons. The van der Waals surface area contributed by atoms with Crippen molar-refractivity contribution in [2.24, 2.45) is 5.73 Å². The second-order valence-corrected chi connectivity index (χ2v) is 6.04. The number of H-pyrrole nitrogens is 1. The number of nitrogens with one attached hydrogen (secondary N) is 1. The lowest BCUT2D eigenvalue weighted by molar-refractivity contribution is -0.0502. The zero-order chi connectivity index (χ0) is 17.1. The summed E-state index contributed by atoms with van der Waals surface area (Å²) in [4.78, 5) is 17.1. The Hall–Kier alpha value is -1.93. The van der Waals surface area contributed by atoms with Crippen LogP contribution < -0.4 is 10.5 Å². The van der Waals surface area contributed by atoms with Gasteiger partial charge in [0, 0.05) is 17.4 Å². The van der Waals surface area contributed by atoms with E-state index in [1.165, 1.54) is 6.07 Å². The molecule has 0 bridgehead atoms. The fraction of sp³-hybridized carbons (Fsp3) is 0.267. The number of Topliss-reactive ketones (excluding diaryl/α,β-unsaturated/α-hetero) is 1. The number of fused-ring (bicyclic) bond motifs is 1. The molecule has 5 nitrogen and oxygen atoms in total. The number of benzene rings is 1. The normalized spacial score (nSPS) is 12.4. The molecule has 8 heteroatoms. The van der Waals surface area contributed by atoms with E-state index in [1.807, 2.05) is 19.0 Å². The van der Waals surface area contributed by atoms with Crippen molar-refractivity contribution in [2.45, 2.75) is 6.61 Å². The Morgan fingerprint density at radius 3 is 2.74 bits per heavy atom. The maximum absolute atomic E-state index is 12.4. The van der Waals surface area contributed by atoms with Crippen molar-refractivity contribution in [2.75, 3.05) is 20.6 Å². The van der Waals surface area contributed by atoms with Gasteiger partial charge in [-0.15, -0.1) is 0 Å². The molecule has 0 amide bonds. The zero-order valence-electron chi connectivity index (χ0n) is 12.6. The average Bonchev–Trinajstić information content (AvgIpc) is 2.86. The Morgan fingerprint density at radius 1 is 1.43 bits per heavy atom. The number of ketones is 1. The molecule has 0 aliphatic rings. The predicted molar refractivity (Wildman–Crippen MR) is 87.8 cm³/mol. The first-order chi connectivity index (χ1) is 10.8. The van der Waals surface area contributed by atoms with Crippen molar-refractivity contribution in [3.8, 4) is 5.75 Å². The molecule has 0 saturated heterocycles. The van der Waals surface area contributed by atoms with Crippen molar-refractivity contribution >= 4 is 32.6 Å². The number of rotatable bonds is 6. The first kappa shape index (κ1) is 17.4. The lowest BCUT2D eigenvalue weighted by Crippen LogP contribution is -2.17. The van der Waals surface area contributed by atoms with Gasteiger partial charge in [0.05, 0.1) is 15.9 Å². The summed E-state index contributed by atoms with van der Waals surface area (Å²) in [6.45, 7) is -2.39. The molecule has 1 heterocycles. The van der Waals surface area contributed by atoms with Crippen LogP contribution in [0.25, 0.3) is 10.9 Å². The molecule has 3 N–H and O–H groups in total. The molecule has 2 aromatic rings. The summed E-state index contributed by atoms with van der Waals surface area (Å²) in [5.41, 5.74) is 6.79. The van der Waals surface area contributed by atoms with Crippen molar-refractivity contribution < 1.29 is 18.3 Å². The molecule has 0 unspecified atom stereocenters. The van der Waals surface area contributed by atoms with Crippen LogP contribution in [0.15, 0.2) is 34.4 Å². The number of carbonyl (C=O) groups excluding carboxylic acids is 1. The number of hydrogen-bond donors (Lipinski definition) is 2. The third-order valence-electron chi connectivity index (χ3n) is 3.07. The van der Waals surface area contributed by atoms with E-state index in [1.54, 1.807) is 18.2 Å². The fourth-order valence-corrected chi connectivity index (χ4v) is 2.41. The maximum atomic E-state index is 12.4. The molecule has 0 fully saturated rings. The van der Waals surface area contributed by atoms with Crippen LogP contribution in [0.5, 0.6) is 5.75 Å². The summed E-state index contributed by atoms with van der Waals surface area (Å²) in [6.07, 6.45) is 1.62. The van der Waals surface area contributed by atoms with E-state index >= 15 is 0 Å². The molecule has 23 heavy (non-hydrogen) atoms. The highest BCUT2D eigenvalue weighted by Gasteiger charge is 2.15. The van der Waals surface area contributed by atoms with Gasteiger partial charge >= 0.3 is 6.61 Å². The average molecular weight is 388 g/mol. The van der Waals surface area contributed by atoms with Gasteiger partial charge in [0.15, 0.2) is 0 Å². The van der Waals surface area contributed by atoms with E-state index in [2.05, 4.69) is 25.7 Å². The molecule has 124 valence electrons. The first-order valence-electron chi connectivity index (χ1n) is 6.70. The number of aromatic amines is 1. The van der Waals surface area contributed by atoms with Gasteiger partial charge < -0.3 is 20.4 Å². The summed E-state index contributed by atoms with van der Waals surface area (Å²) in [6, 6.07) is 4.56. The summed E-state index contributed by atoms with van der Waals surface area (Å²) >= 11 is 3.16. The number of nitrogens with two attached hydrogens (primary N) is 1. The second-order valence-electron chi connectivity index (χ2n) is 5.18. The molecule has 1 aromatic carbocycles. The lowest BCUT2D eigenvalue weighted by atomic mass is 10.2. The molecule has 1 aromatic heterocycles. The van der Waals surface area contributed by atoms with Crippen molar-refractivity contribution in [1.82, 2.24) is 9.88 Å².